The SMILES string of the molecule is COc1cccc(C=NNC(=O)CSc2nnc(-c3ccccc3)n2C)c1O. The Hall–Kier alpha value is -3.33. The molecule has 0 radical (unpaired) electrons. The van der Waals surface area contributed by atoms with E-state index < -0.39 is 0 Å². The van der Waals surface area contributed by atoms with Crippen molar-refractivity contribution in [2.45, 2.75) is 5.16 Å². The van der Waals surface area contributed by atoms with Gasteiger partial charge in [-0.3, -0.25) is 4.79 Å². The van der Waals surface area contributed by atoms with Crippen molar-refractivity contribution in [3.8, 4) is 22.9 Å². The number of benzene rings is 2. The highest BCUT2D eigenvalue weighted by Crippen LogP contribution is 2.28. The number of thioether (sulfide) groups is 1. The summed E-state index contributed by atoms with van der Waals surface area (Å²) in [6, 6.07) is 14.7. The first-order chi connectivity index (χ1) is 13.6. The number of para-hydroxylation sites is 1. The van der Waals surface area contributed by atoms with Crippen LogP contribution in [0.4, 0.5) is 0 Å². The molecule has 0 bridgehead atoms. The molecule has 28 heavy (non-hydrogen) atoms. The quantitative estimate of drug-likeness (QED) is 0.361. The van der Waals surface area contributed by atoms with Crippen molar-refractivity contribution in [2.75, 3.05) is 12.9 Å². The Balaban J connectivity index is 1.56. The minimum Gasteiger partial charge on any atom is -0.504 e. The fraction of sp³-hybridized carbons (Fsp3) is 0.158. The Morgan fingerprint density at radius 1 is 1.25 bits per heavy atom. The number of methoxy groups -OCH3 is 1. The number of hydrogen-bond donors (Lipinski definition) is 2. The Morgan fingerprint density at radius 3 is 2.79 bits per heavy atom. The molecule has 1 heterocycles. The third-order valence-electron chi connectivity index (χ3n) is 3.84. The van der Waals surface area contributed by atoms with E-state index >= 15 is 0 Å². The molecule has 0 saturated carbocycles. The van der Waals surface area contributed by atoms with E-state index in [0.29, 0.717) is 16.5 Å². The van der Waals surface area contributed by atoms with Gasteiger partial charge in [0.25, 0.3) is 5.91 Å². The summed E-state index contributed by atoms with van der Waals surface area (Å²) in [5, 5.41) is 22.8. The molecule has 8 nitrogen and oxygen atoms in total. The normalized spacial score (nSPS) is 10.9. The fourth-order valence-electron chi connectivity index (χ4n) is 2.42. The maximum atomic E-state index is 12.0. The standard InChI is InChI=1S/C19H19N5O3S/c1-24-18(13-7-4-3-5-8-13)22-23-19(24)28-12-16(25)21-20-11-14-9-6-10-15(27-2)17(14)26/h3-11,26H,12H2,1-2H3,(H,21,25). The smallest absolute Gasteiger partial charge is 0.250 e. The Kier molecular flexibility index (Phi) is 6.28. The van der Waals surface area contributed by atoms with E-state index in [1.54, 1.807) is 18.2 Å². The van der Waals surface area contributed by atoms with Crippen LogP contribution in [0.2, 0.25) is 0 Å². The van der Waals surface area contributed by atoms with Gasteiger partial charge in [0, 0.05) is 18.2 Å². The van der Waals surface area contributed by atoms with Crippen molar-refractivity contribution < 1.29 is 14.6 Å². The highest BCUT2D eigenvalue weighted by Gasteiger charge is 2.12. The number of rotatable bonds is 7. The summed E-state index contributed by atoms with van der Waals surface area (Å²) < 4.78 is 6.87. The highest BCUT2D eigenvalue weighted by molar-refractivity contribution is 7.99. The van der Waals surface area contributed by atoms with Gasteiger partial charge in [-0.1, -0.05) is 48.2 Å². The van der Waals surface area contributed by atoms with Gasteiger partial charge in [-0.15, -0.1) is 10.2 Å². The molecular formula is C19H19N5O3S. The average molecular weight is 397 g/mol. The number of ether oxygens (including phenoxy) is 1. The molecular weight excluding hydrogens is 378 g/mol. The van der Waals surface area contributed by atoms with Gasteiger partial charge >= 0.3 is 0 Å². The highest BCUT2D eigenvalue weighted by atomic mass is 32.2. The van der Waals surface area contributed by atoms with E-state index in [-0.39, 0.29) is 17.4 Å². The van der Waals surface area contributed by atoms with Crippen LogP contribution in [0, 0.1) is 0 Å². The maximum Gasteiger partial charge on any atom is 0.250 e. The number of phenols is 1. The van der Waals surface area contributed by atoms with E-state index in [1.807, 2.05) is 41.9 Å². The van der Waals surface area contributed by atoms with Crippen LogP contribution >= 0.6 is 11.8 Å². The van der Waals surface area contributed by atoms with Crippen molar-refractivity contribution >= 4 is 23.9 Å². The number of aromatic hydroxyl groups is 1. The number of carbonyl (C=O) groups is 1. The van der Waals surface area contributed by atoms with Gasteiger partial charge in [-0.25, -0.2) is 5.43 Å². The number of nitrogens with one attached hydrogen (secondary N) is 1. The molecule has 9 heteroatoms. The number of amides is 1. The summed E-state index contributed by atoms with van der Waals surface area (Å²) in [7, 11) is 3.32. The zero-order valence-electron chi connectivity index (χ0n) is 15.4. The molecule has 3 aromatic rings. The summed E-state index contributed by atoms with van der Waals surface area (Å²) in [5.74, 6) is 0.859. The van der Waals surface area contributed by atoms with Crippen molar-refractivity contribution in [3.63, 3.8) is 0 Å². The average Bonchev–Trinajstić information content (AvgIpc) is 3.09. The molecule has 2 aromatic carbocycles. The van der Waals surface area contributed by atoms with Gasteiger partial charge in [0.05, 0.1) is 19.1 Å². The van der Waals surface area contributed by atoms with Gasteiger partial charge in [0.1, 0.15) is 0 Å². The molecule has 1 amide bonds. The molecule has 1 aromatic heterocycles. The second-order valence-electron chi connectivity index (χ2n) is 5.71. The van der Waals surface area contributed by atoms with Crippen LogP contribution in [0.25, 0.3) is 11.4 Å². The third-order valence-corrected chi connectivity index (χ3v) is 4.86. The first-order valence-electron chi connectivity index (χ1n) is 8.35. The minimum absolute atomic E-state index is 0.0371. The summed E-state index contributed by atoms with van der Waals surface area (Å²) in [6.45, 7) is 0. The first-order valence-corrected chi connectivity index (χ1v) is 9.34. The van der Waals surface area contributed by atoms with E-state index in [4.69, 9.17) is 4.74 Å². The number of hydrazone groups is 1. The Morgan fingerprint density at radius 2 is 2.04 bits per heavy atom. The molecule has 144 valence electrons. The summed E-state index contributed by atoms with van der Waals surface area (Å²) in [5.41, 5.74) is 3.82. The topological polar surface area (TPSA) is 102 Å². The predicted molar refractivity (Wildman–Crippen MR) is 108 cm³/mol. The second-order valence-corrected chi connectivity index (χ2v) is 6.65. The van der Waals surface area contributed by atoms with Crippen LogP contribution in [0.1, 0.15) is 5.56 Å². The first kappa shape index (κ1) is 19.4. The number of phenolic OH excluding ortho intramolecular Hbond substituents is 1. The molecule has 0 aliphatic heterocycles. The Bertz CT molecular complexity index is 988. The lowest BCUT2D eigenvalue weighted by Crippen LogP contribution is -2.19. The van der Waals surface area contributed by atoms with E-state index in [9.17, 15) is 9.90 Å². The van der Waals surface area contributed by atoms with E-state index in [0.717, 1.165) is 11.4 Å². The molecule has 0 spiro atoms. The molecule has 2 N–H and O–H groups in total. The fourth-order valence-corrected chi connectivity index (χ4v) is 3.13. The van der Waals surface area contributed by atoms with Gasteiger partial charge in [-0.2, -0.15) is 5.10 Å². The monoisotopic (exact) mass is 397 g/mol. The molecule has 0 atom stereocenters. The lowest BCUT2D eigenvalue weighted by atomic mass is 10.2. The summed E-state index contributed by atoms with van der Waals surface area (Å²) in [4.78, 5) is 12.0. The van der Waals surface area contributed by atoms with Crippen LogP contribution in [-0.2, 0) is 11.8 Å². The Labute approximate surface area is 166 Å². The van der Waals surface area contributed by atoms with Crippen molar-refractivity contribution in [1.29, 1.82) is 0 Å². The number of hydrogen-bond acceptors (Lipinski definition) is 7. The van der Waals surface area contributed by atoms with Gasteiger partial charge < -0.3 is 14.4 Å². The van der Waals surface area contributed by atoms with Crippen molar-refractivity contribution in [3.05, 3.63) is 54.1 Å². The summed E-state index contributed by atoms with van der Waals surface area (Å²) in [6.07, 6.45) is 1.36. The predicted octanol–water partition coefficient (Wildman–Crippen LogP) is 2.44. The van der Waals surface area contributed by atoms with Crippen LogP contribution in [0.15, 0.2) is 58.8 Å². The summed E-state index contributed by atoms with van der Waals surface area (Å²) >= 11 is 1.26. The molecule has 0 saturated heterocycles. The second kappa shape index (κ2) is 9.05. The molecule has 0 aliphatic rings. The molecule has 3 rings (SSSR count). The van der Waals surface area contributed by atoms with E-state index in [2.05, 4.69) is 20.7 Å². The van der Waals surface area contributed by atoms with Crippen LogP contribution in [-0.4, -0.2) is 44.9 Å². The van der Waals surface area contributed by atoms with Gasteiger partial charge in [-0.05, 0) is 12.1 Å². The number of carbonyl (C=O) groups excluding carboxylic acids is 1. The zero-order valence-corrected chi connectivity index (χ0v) is 16.2. The number of aromatic nitrogens is 3. The zero-order chi connectivity index (χ0) is 19.9. The van der Waals surface area contributed by atoms with Crippen LogP contribution in [0.5, 0.6) is 11.5 Å². The maximum absolute atomic E-state index is 12.0. The largest absolute Gasteiger partial charge is 0.504 e. The number of nitrogens with zero attached hydrogens (tertiary/aromatic N) is 4. The minimum atomic E-state index is -0.298. The van der Waals surface area contributed by atoms with Crippen LogP contribution in [0.3, 0.4) is 0 Å². The van der Waals surface area contributed by atoms with E-state index in [1.165, 1.54) is 25.1 Å². The van der Waals surface area contributed by atoms with Crippen molar-refractivity contribution in [2.24, 2.45) is 12.1 Å². The molecule has 0 unspecified atom stereocenters. The van der Waals surface area contributed by atoms with Gasteiger partial charge in [0.2, 0.25) is 0 Å². The molecule has 0 fully saturated rings. The van der Waals surface area contributed by atoms with Crippen LogP contribution < -0.4 is 10.2 Å². The molecule has 0 aliphatic carbocycles. The van der Waals surface area contributed by atoms with Gasteiger partial charge in [0.15, 0.2) is 22.5 Å². The van der Waals surface area contributed by atoms with Crippen molar-refractivity contribution in [1.82, 2.24) is 20.2 Å². The lowest BCUT2D eigenvalue weighted by molar-refractivity contribution is -0.118. The lowest BCUT2D eigenvalue weighted by Gasteiger charge is -2.05. The third kappa shape index (κ3) is 4.49.